The SMILES string of the molecule is CNC(=O)c1cccc(F)c1N1CC(CN2CCC3(CC2)OCCc2cc(F)sc23)C(C)=N1. The molecule has 0 radical (unpaired) electrons. The van der Waals surface area contributed by atoms with Crippen LogP contribution in [0.3, 0.4) is 0 Å². The number of nitrogens with zero attached hydrogens (tertiary/aromatic N) is 3. The van der Waals surface area contributed by atoms with Crippen molar-refractivity contribution in [2.45, 2.75) is 31.8 Å². The highest BCUT2D eigenvalue weighted by Crippen LogP contribution is 2.45. The van der Waals surface area contributed by atoms with E-state index in [1.54, 1.807) is 17.1 Å². The fourth-order valence-electron chi connectivity index (χ4n) is 5.25. The summed E-state index contributed by atoms with van der Waals surface area (Å²) in [5.41, 5.74) is 2.17. The van der Waals surface area contributed by atoms with Crippen molar-refractivity contribution in [3.05, 3.63) is 51.2 Å². The molecule has 1 N–H and O–H groups in total. The van der Waals surface area contributed by atoms with E-state index in [9.17, 15) is 13.6 Å². The van der Waals surface area contributed by atoms with E-state index in [1.807, 2.05) is 6.92 Å². The number of benzene rings is 1. The first-order chi connectivity index (χ1) is 15.9. The predicted octanol–water partition coefficient (Wildman–Crippen LogP) is 3.76. The number of hydrogen-bond donors (Lipinski definition) is 1. The molecule has 0 aliphatic carbocycles. The molecule has 1 spiro atoms. The largest absolute Gasteiger partial charge is 0.369 e. The summed E-state index contributed by atoms with van der Waals surface area (Å²) in [6, 6.07) is 6.18. The summed E-state index contributed by atoms with van der Waals surface area (Å²) in [4.78, 5) is 15.7. The Morgan fingerprint density at radius 3 is 2.88 bits per heavy atom. The minimum atomic E-state index is -0.457. The molecular weight excluding hydrogens is 446 g/mol. The highest BCUT2D eigenvalue weighted by atomic mass is 32.1. The van der Waals surface area contributed by atoms with Gasteiger partial charge < -0.3 is 15.0 Å². The number of amides is 1. The van der Waals surface area contributed by atoms with Gasteiger partial charge in [0.15, 0.2) is 5.13 Å². The zero-order chi connectivity index (χ0) is 23.2. The lowest BCUT2D eigenvalue weighted by atomic mass is 9.85. The lowest BCUT2D eigenvalue weighted by Crippen LogP contribution is -2.47. The lowest BCUT2D eigenvalue weighted by Gasteiger charge is -2.44. The average Bonchev–Trinajstić information content (AvgIpc) is 3.37. The Morgan fingerprint density at radius 2 is 2.12 bits per heavy atom. The molecule has 1 amide bonds. The highest BCUT2D eigenvalue weighted by molar-refractivity contribution is 7.10. The van der Waals surface area contributed by atoms with Crippen LogP contribution in [0.15, 0.2) is 29.4 Å². The predicted molar refractivity (Wildman–Crippen MR) is 125 cm³/mol. The van der Waals surface area contributed by atoms with Gasteiger partial charge in [-0.2, -0.15) is 9.49 Å². The lowest BCUT2D eigenvalue weighted by molar-refractivity contribution is -0.0955. The van der Waals surface area contributed by atoms with Crippen LogP contribution in [0.1, 0.15) is 40.6 Å². The normalized spacial score (nSPS) is 22.4. The molecule has 4 heterocycles. The summed E-state index contributed by atoms with van der Waals surface area (Å²) in [5.74, 6) is -0.654. The minimum Gasteiger partial charge on any atom is -0.369 e. The first-order valence-electron chi connectivity index (χ1n) is 11.4. The molecule has 9 heteroatoms. The molecule has 1 fully saturated rings. The number of ether oxygens (including phenoxy) is 1. The van der Waals surface area contributed by atoms with Gasteiger partial charge in [0.1, 0.15) is 17.1 Å². The van der Waals surface area contributed by atoms with Crippen molar-refractivity contribution in [3.63, 3.8) is 0 Å². The molecule has 3 aliphatic heterocycles. The van der Waals surface area contributed by atoms with E-state index in [-0.39, 0.29) is 33.8 Å². The highest BCUT2D eigenvalue weighted by Gasteiger charge is 2.43. The third-order valence-corrected chi connectivity index (χ3v) is 8.22. The number of anilines is 1. The van der Waals surface area contributed by atoms with Crippen LogP contribution >= 0.6 is 11.3 Å². The number of likely N-dealkylation sites (tertiary alicyclic amines) is 1. The minimum absolute atomic E-state index is 0.130. The van der Waals surface area contributed by atoms with E-state index >= 15 is 0 Å². The number of carbonyl (C=O) groups is 1. The van der Waals surface area contributed by atoms with Crippen LogP contribution in [0.2, 0.25) is 0 Å². The van der Waals surface area contributed by atoms with Crippen LogP contribution in [0.4, 0.5) is 14.5 Å². The van der Waals surface area contributed by atoms with Gasteiger partial charge >= 0.3 is 0 Å². The Balaban J connectivity index is 1.26. The monoisotopic (exact) mass is 474 g/mol. The first-order valence-corrected chi connectivity index (χ1v) is 12.2. The zero-order valence-corrected chi connectivity index (χ0v) is 19.7. The quantitative estimate of drug-likeness (QED) is 0.733. The molecule has 33 heavy (non-hydrogen) atoms. The molecule has 1 saturated heterocycles. The van der Waals surface area contributed by atoms with E-state index in [2.05, 4.69) is 15.3 Å². The smallest absolute Gasteiger partial charge is 0.253 e. The van der Waals surface area contributed by atoms with Gasteiger partial charge in [-0.15, -0.1) is 11.3 Å². The van der Waals surface area contributed by atoms with Crippen molar-refractivity contribution >= 4 is 28.6 Å². The molecule has 5 rings (SSSR count). The Kier molecular flexibility index (Phi) is 5.96. The molecule has 1 aromatic carbocycles. The number of rotatable bonds is 4. The van der Waals surface area contributed by atoms with Gasteiger partial charge in [0.05, 0.1) is 18.7 Å². The maximum Gasteiger partial charge on any atom is 0.253 e. The van der Waals surface area contributed by atoms with Crippen molar-refractivity contribution in [1.29, 1.82) is 0 Å². The summed E-state index contributed by atoms with van der Waals surface area (Å²) in [6.45, 7) is 5.63. The summed E-state index contributed by atoms with van der Waals surface area (Å²) >= 11 is 1.23. The van der Waals surface area contributed by atoms with Crippen LogP contribution in [0.5, 0.6) is 0 Å². The van der Waals surface area contributed by atoms with Crippen molar-refractivity contribution in [3.8, 4) is 0 Å². The fourth-order valence-corrected chi connectivity index (χ4v) is 6.39. The Morgan fingerprint density at radius 1 is 1.33 bits per heavy atom. The second-order valence-corrected chi connectivity index (χ2v) is 10.0. The fraction of sp³-hybridized carbons (Fsp3) is 0.500. The third kappa shape index (κ3) is 4.06. The van der Waals surface area contributed by atoms with Gasteiger partial charge in [-0.3, -0.25) is 9.80 Å². The van der Waals surface area contributed by atoms with Crippen molar-refractivity contribution in [1.82, 2.24) is 10.2 Å². The summed E-state index contributed by atoms with van der Waals surface area (Å²) < 4.78 is 34.8. The average molecular weight is 475 g/mol. The van der Waals surface area contributed by atoms with E-state index < -0.39 is 5.82 Å². The van der Waals surface area contributed by atoms with Crippen LogP contribution in [-0.2, 0) is 16.8 Å². The molecule has 0 bridgehead atoms. The Bertz CT molecular complexity index is 1090. The summed E-state index contributed by atoms with van der Waals surface area (Å²) in [7, 11) is 1.53. The number of nitrogens with one attached hydrogen (secondary N) is 1. The number of thiophene rings is 1. The van der Waals surface area contributed by atoms with E-state index in [4.69, 9.17) is 4.74 Å². The number of hydrogen-bond acceptors (Lipinski definition) is 6. The maximum atomic E-state index is 14.7. The number of fused-ring (bicyclic) bond motifs is 2. The number of para-hydroxylation sites is 1. The van der Waals surface area contributed by atoms with E-state index in [1.165, 1.54) is 30.5 Å². The second kappa shape index (κ2) is 8.77. The van der Waals surface area contributed by atoms with E-state index in [0.29, 0.717) is 13.2 Å². The molecule has 0 saturated carbocycles. The van der Waals surface area contributed by atoms with Gasteiger partial charge in [0.25, 0.3) is 5.91 Å². The van der Waals surface area contributed by atoms with Crippen molar-refractivity contribution in [2.75, 3.05) is 44.8 Å². The topological polar surface area (TPSA) is 57.2 Å². The molecular formula is C24H28F2N4O2S. The number of halogens is 2. The molecule has 176 valence electrons. The standard InChI is InChI=1S/C24H28F2N4O2S/c1-15-17(14-30(28-15)21-18(23(31)27-2)4-3-5-19(21)25)13-29-9-7-24(8-10-29)22-16(6-11-32-24)12-20(26)33-22/h3-5,12,17H,6-11,13-14H2,1-2H3,(H,27,31). The van der Waals surface area contributed by atoms with Gasteiger partial charge in [0.2, 0.25) is 0 Å². The molecule has 1 unspecified atom stereocenters. The number of hydrazone groups is 1. The van der Waals surface area contributed by atoms with Gasteiger partial charge in [0, 0.05) is 43.2 Å². The second-order valence-electron chi connectivity index (χ2n) is 9.03. The molecule has 3 aliphatic rings. The van der Waals surface area contributed by atoms with Crippen LogP contribution in [0, 0.1) is 16.9 Å². The molecule has 1 atom stereocenters. The summed E-state index contributed by atoms with van der Waals surface area (Å²) in [5, 5.41) is 8.66. The molecule has 2 aromatic rings. The number of piperidine rings is 1. The maximum absolute atomic E-state index is 14.7. The number of carbonyl (C=O) groups excluding carboxylic acids is 1. The van der Waals surface area contributed by atoms with Gasteiger partial charge in [-0.1, -0.05) is 6.07 Å². The third-order valence-electron chi connectivity index (χ3n) is 7.06. The van der Waals surface area contributed by atoms with Gasteiger partial charge in [-0.25, -0.2) is 4.39 Å². The van der Waals surface area contributed by atoms with Gasteiger partial charge in [-0.05, 0) is 49.9 Å². The summed E-state index contributed by atoms with van der Waals surface area (Å²) in [6.07, 6.45) is 2.45. The van der Waals surface area contributed by atoms with Crippen LogP contribution < -0.4 is 10.3 Å². The Labute approximate surface area is 196 Å². The van der Waals surface area contributed by atoms with Crippen molar-refractivity contribution in [2.24, 2.45) is 11.0 Å². The molecule has 1 aromatic heterocycles. The zero-order valence-electron chi connectivity index (χ0n) is 18.9. The first kappa shape index (κ1) is 22.4. The van der Waals surface area contributed by atoms with Crippen LogP contribution in [0.25, 0.3) is 0 Å². The van der Waals surface area contributed by atoms with E-state index in [0.717, 1.165) is 55.0 Å². The Hall–Kier alpha value is -2.36. The van der Waals surface area contributed by atoms with Crippen molar-refractivity contribution < 1.29 is 18.3 Å². The van der Waals surface area contributed by atoms with Crippen LogP contribution in [-0.4, -0.2) is 56.4 Å². The molecule has 6 nitrogen and oxygen atoms in total.